The van der Waals surface area contributed by atoms with E-state index in [1.165, 1.54) is 11.6 Å². The van der Waals surface area contributed by atoms with Crippen LogP contribution in [-0.4, -0.2) is 15.7 Å². The van der Waals surface area contributed by atoms with Crippen molar-refractivity contribution in [2.75, 3.05) is 5.32 Å². The van der Waals surface area contributed by atoms with Crippen LogP contribution in [0.1, 0.15) is 24.5 Å². The largest absolute Gasteiger partial charge is 0.326 e. The number of rotatable bonds is 6. The van der Waals surface area contributed by atoms with Crippen molar-refractivity contribution in [2.24, 2.45) is 0 Å². The fraction of sp³-hybridized carbons (Fsp3) is 0.182. The van der Waals surface area contributed by atoms with Gasteiger partial charge in [-0.2, -0.15) is 10.4 Å². The summed E-state index contributed by atoms with van der Waals surface area (Å²) in [5.41, 5.74) is 3.65. The van der Waals surface area contributed by atoms with Crippen LogP contribution in [0.15, 0.2) is 65.5 Å². The van der Waals surface area contributed by atoms with Crippen LogP contribution in [0.4, 0.5) is 5.69 Å². The van der Waals surface area contributed by atoms with E-state index in [1.54, 1.807) is 18.2 Å². The number of anilines is 1. The summed E-state index contributed by atoms with van der Waals surface area (Å²) in [5.74, 6) is -0.138. The average molecular weight is 372 g/mol. The molecule has 6 nitrogen and oxygen atoms in total. The zero-order chi connectivity index (χ0) is 19.9. The molecule has 0 spiro atoms. The Morgan fingerprint density at radius 1 is 1.14 bits per heavy atom. The quantitative estimate of drug-likeness (QED) is 0.718. The fourth-order valence-corrected chi connectivity index (χ4v) is 2.92. The molecule has 3 aromatic rings. The summed E-state index contributed by atoms with van der Waals surface area (Å²) in [4.78, 5) is 24.0. The smallest absolute Gasteiger partial charge is 0.270 e. The van der Waals surface area contributed by atoms with Crippen molar-refractivity contribution < 1.29 is 4.79 Å². The minimum Gasteiger partial charge on any atom is -0.326 e. The number of nitrogens with one attached hydrogen (secondary N) is 1. The first kappa shape index (κ1) is 19.1. The topological polar surface area (TPSA) is 87.8 Å². The van der Waals surface area contributed by atoms with Crippen molar-refractivity contribution in [1.82, 2.24) is 9.78 Å². The summed E-state index contributed by atoms with van der Waals surface area (Å²) in [7, 11) is 0. The van der Waals surface area contributed by atoms with Crippen LogP contribution in [0.25, 0.3) is 11.3 Å². The number of carbonyl (C=O) groups excluding carboxylic acids is 1. The number of benzene rings is 2. The molecule has 0 atom stereocenters. The Balaban J connectivity index is 2.00. The summed E-state index contributed by atoms with van der Waals surface area (Å²) in [6, 6.07) is 20.9. The van der Waals surface area contributed by atoms with E-state index in [0.29, 0.717) is 23.4 Å². The molecule has 0 radical (unpaired) electrons. The molecule has 2 aromatic carbocycles. The molecule has 0 aliphatic heterocycles. The molecule has 1 heterocycles. The van der Waals surface area contributed by atoms with Gasteiger partial charge in [-0.1, -0.05) is 42.5 Å². The van der Waals surface area contributed by atoms with Crippen molar-refractivity contribution in [3.8, 4) is 17.3 Å². The molecule has 140 valence electrons. The van der Waals surface area contributed by atoms with Gasteiger partial charge in [-0.15, -0.1) is 0 Å². The Labute approximate surface area is 163 Å². The molecule has 28 heavy (non-hydrogen) atoms. The first-order valence-electron chi connectivity index (χ1n) is 8.97. The summed E-state index contributed by atoms with van der Waals surface area (Å²) in [5, 5.41) is 16.0. The number of carbonyl (C=O) groups is 1. The van der Waals surface area contributed by atoms with Gasteiger partial charge in [-0.05, 0) is 23.8 Å². The second-order valence-corrected chi connectivity index (χ2v) is 6.41. The zero-order valence-electron chi connectivity index (χ0n) is 15.6. The van der Waals surface area contributed by atoms with Gasteiger partial charge in [0.1, 0.15) is 0 Å². The molecular formula is C22H20N4O2. The summed E-state index contributed by atoms with van der Waals surface area (Å²) < 4.78 is 1.36. The first-order valence-corrected chi connectivity index (χ1v) is 8.97. The van der Waals surface area contributed by atoms with E-state index in [1.807, 2.05) is 42.5 Å². The minimum atomic E-state index is -0.183. The molecule has 0 saturated carbocycles. The molecule has 0 aliphatic carbocycles. The Morgan fingerprint density at radius 3 is 2.50 bits per heavy atom. The maximum atomic E-state index is 12.8. The highest BCUT2D eigenvalue weighted by molar-refractivity contribution is 5.88. The van der Waals surface area contributed by atoms with Gasteiger partial charge in [0.25, 0.3) is 5.56 Å². The summed E-state index contributed by atoms with van der Waals surface area (Å²) in [6.45, 7) is 1.70. The highest BCUT2D eigenvalue weighted by atomic mass is 16.1. The van der Waals surface area contributed by atoms with Crippen LogP contribution in [0.5, 0.6) is 0 Å². The third-order valence-electron chi connectivity index (χ3n) is 4.22. The Kier molecular flexibility index (Phi) is 5.97. The predicted octanol–water partition coefficient (Wildman–Crippen LogP) is 3.37. The van der Waals surface area contributed by atoms with Crippen LogP contribution in [0, 0.1) is 11.3 Å². The van der Waals surface area contributed by atoms with Gasteiger partial charge >= 0.3 is 0 Å². The van der Waals surface area contributed by atoms with E-state index in [9.17, 15) is 9.59 Å². The lowest BCUT2D eigenvalue weighted by molar-refractivity contribution is -0.114. The van der Waals surface area contributed by atoms with E-state index in [4.69, 9.17) is 5.26 Å². The monoisotopic (exact) mass is 372 g/mol. The number of nitrogens with zero attached hydrogens (tertiary/aromatic N) is 3. The van der Waals surface area contributed by atoms with Gasteiger partial charge in [0.05, 0.1) is 24.7 Å². The number of aryl methyl sites for hydroxylation is 1. The zero-order valence-corrected chi connectivity index (χ0v) is 15.6. The maximum Gasteiger partial charge on any atom is 0.270 e. The van der Waals surface area contributed by atoms with Crippen molar-refractivity contribution in [3.63, 3.8) is 0 Å². The molecule has 0 bridgehead atoms. The third-order valence-corrected chi connectivity index (χ3v) is 4.22. The van der Waals surface area contributed by atoms with Gasteiger partial charge in [-0.3, -0.25) is 9.59 Å². The molecule has 6 heteroatoms. The molecule has 0 saturated heterocycles. The van der Waals surface area contributed by atoms with Crippen molar-refractivity contribution in [2.45, 2.75) is 26.3 Å². The van der Waals surface area contributed by atoms with Gasteiger partial charge in [0.15, 0.2) is 0 Å². The molecule has 0 fully saturated rings. The SMILES string of the molecule is CC(=O)Nc1ccc(-c2cc(Cc3ccccc3)c(=O)n(CCC#N)n2)cc1. The second-order valence-electron chi connectivity index (χ2n) is 6.41. The van der Waals surface area contributed by atoms with Crippen LogP contribution >= 0.6 is 0 Å². The van der Waals surface area contributed by atoms with Crippen molar-refractivity contribution >= 4 is 11.6 Å². The average Bonchev–Trinajstić information content (AvgIpc) is 2.69. The number of amides is 1. The highest BCUT2D eigenvalue weighted by Gasteiger charge is 2.11. The lowest BCUT2D eigenvalue weighted by atomic mass is 10.0. The normalized spacial score (nSPS) is 10.3. The van der Waals surface area contributed by atoms with Gasteiger partial charge in [-0.25, -0.2) is 4.68 Å². The van der Waals surface area contributed by atoms with Crippen LogP contribution in [0.3, 0.4) is 0 Å². The molecule has 0 aliphatic rings. The third kappa shape index (κ3) is 4.71. The van der Waals surface area contributed by atoms with E-state index in [2.05, 4.69) is 16.5 Å². The molecule has 1 N–H and O–H groups in total. The fourth-order valence-electron chi connectivity index (χ4n) is 2.92. The lowest BCUT2D eigenvalue weighted by Crippen LogP contribution is -2.27. The summed E-state index contributed by atoms with van der Waals surface area (Å²) >= 11 is 0. The molecule has 1 amide bonds. The van der Waals surface area contributed by atoms with E-state index in [0.717, 1.165) is 11.1 Å². The molecule has 0 unspecified atom stereocenters. The van der Waals surface area contributed by atoms with Gasteiger partial charge < -0.3 is 5.32 Å². The van der Waals surface area contributed by atoms with Crippen molar-refractivity contribution in [3.05, 3.63) is 82.1 Å². The van der Waals surface area contributed by atoms with Crippen LogP contribution in [0.2, 0.25) is 0 Å². The molecular weight excluding hydrogens is 352 g/mol. The van der Waals surface area contributed by atoms with E-state index < -0.39 is 0 Å². The Bertz CT molecular complexity index is 1060. The van der Waals surface area contributed by atoms with E-state index >= 15 is 0 Å². The molecule has 1 aromatic heterocycles. The Morgan fingerprint density at radius 2 is 1.86 bits per heavy atom. The summed E-state index contributed by atoms with van der Waals surface area (Å²) in [6.07, 6.45) is 0.703. The highest BCUT2D eigenvalue weighted by Crippen LogP contribution is 2.20. The van der Waals surface area contributed by atoms with Gasteiger partial charge in [0.2, 0.25) is 5.91 Å². The van der Waals surface area contributed by atoms with Gasteiger partial charge in [0, 0.05) is 30.2 Å². The number of hydrogen-bond acceptors (Lipinski definition) is 4. The second kappa shape index (κ2) is 8.78. The Hall–Kier alpha value is -3.72. The van der Waals surface area contributed by atoms with Crippen LogP contribution < -0.4 is 10.9 Å². The number of hydrogen-bond donors (Lipinski definition) is 1. The van der Waals surface area contributed by atoms with E-state index in [-0.39, 0.29) is 24.4 Å². The van der Waals surface area contributed by atoms with Crippen molar-refractivity contribution in [1.29, 1.82) is 5.26 Å². The van der Waals surface area contributed by atoms with Crippen LogP contribution in [-0.2, 0) is 17.8 Å². The predicted molar refractivity (Wildman–Crippen MR) is 108 cm³/mol. The number of nitriles is 1. The maximum absolute atomic E-state index is 12.8. The lowest BCUT2D eigenvalue weighted by Gasteiger charge is -2.11. The first-order chi connectivity index (χ1) is 13.6. The minimum absolute atomic E-state index is 0.138. The molecule has 3 rings (SSSR count). The number of aromatic nitrogens is 2. The standard InChI is InChI=1S/C22H20N4O2/c1-16(27)24-20-10-8-18(9-11-20)21-15-19(14-17-6-3-2-4-7-17)22(28)26(25-21)13-5-12-23/h2-4,6-11,15H,5,13-14H2,1H3,(H,24,27).